The highest BCUT2D eigenvalue weighted by molar-refractivity contribution is 7.89. The molecule has 0 spiro atoms. The number of carbonyl (C=O) groups excluding carboxylic acids is 1. The second-order valence-electron chi connectivity index (χ2n) is 5.80. The Kier molecular flexibility index (Phi) is 5.92. The first-order chi connectivity index (χ1) is 9.63. The number of esters is 1. The van der Waals surface area contributed by atoms with E-state index in [2.05, 4.69) is 4.72 Å². The van der Waals surface area contributed by atoms with E-state index in [0.717, 1.165) is 5.56 Å². The van der Waals surface area contributed by atoms with Gasteiger partial charge in [-0.15, -0.1) is 0 Å². The molecule has 1 aromatic rings. The van der Waals surface area contributed by atoms with Crippen molar-refractivity contribution in [2.75, 3.05) is 5.75 Å². The Morgan fingerprint density at radius 1 is 1.24 bits per heavy atom. The summed E-state index contributed by atoms with van der Waals surface area (Å²) in [5.74, 6) is -0.649. The smallest absolute Gasteiger partial charge is 0.325 e. The molecule has 0 saturated heterocycles. The Labute approximate surface area is 126 Å². The zero-order chi connectivity index (χ0) is 16.1. The van der Waals surface area contributed by atoms with Gasteiger partial charge in [0.15, 0.2) is 0 Å². The SMILES string of the molecule is CCS(=O)(=O)NC(Cc1ccccc1)C(=O)OC(C)(C)C. The van der Waals surface area contributed by atoms with E-state index in [1.54, 1.807) is 20.8 Å². The van der Waals surface area contributed by atoms with Crippen LogP contribution in [-0.2, 0) is 26.0 Å². The largest absolute Gasteiger partial charge is 0.459 e. The summed E-state index contributed by atoms with van der Waals surface area (Å²) in [4.78, 5) is 12.2. The van der Waals surface area contributed by atoms with Gasteiger partial charge < -0.3 is 4.74 Å². The van der Waals surface area contributed by atoms with Gasteiger partial charge in [0, 0.05) is 0 Å². The van der Waals surface area contributed by atoms with Crippen molar-refractivity contribution in [1.82, 2.24) is 4.72 Å². The van der Waals surface area contributed by atoms with Gasteiger partial charge in [-0.25, -0.2) is 13.1 Å². The molecule has 0 aliphatic carbocycles. The van der Waals surface area contributed by atoms with E-state index in [1.807, 2.05) is 30.3 Å². The highest BCUT2D eigenvalue weighted by Gasteiger charge is 2.28. The van der Waals surface area contributed by atoms with Crippen molar-refractivity contribution in [1.29, 1.82) is 0 Å². The summed E-state index contributed by atoms with van der Waals surface area (Å²) in [6.45, 7) is 6.77. The third kappa shape index (κ3) is 6.73. The number of nitrogens with one attached hydrogen (secondary N) is 1. The summed E-state index contributed by atoms with van der Waals surface area (Å²) in [6, 6.07) is 8.32. The zero-order valence-electron chi connectivity index (χ0n) is 12.9. The van der Waals surface area contributed by atoms with Gasteiger partial charge in [-0.3, -0.25) is 4.79 Å². The molecule has 0 radical (unpaired) electrons. The monoisotopic (exact) mass is 313 g/mol. The first kappa shape index (κ1) is 17.7. The van der Waals surface area contributed by atoms with E-state index in [9.17, 15) is 13.2 Å². The number of hydrogen-bond donors (Lipinski definition) is 1. The average Bonchev–Trinajstić information content (AvgIpc) is 2.37. The highest BCUT2D eigenvalue weighted by Crippen LogP contribution is 2.12. The minimum atomic E-state index is -3.49. The molecule has 1 N–H and O–H groups in total. The fourth-order valence-corrected chi connectivity index (χ4v) is 2.48. The van der Waals surface area contributed by atoms with Crippen LogP contribution in [0.3, 0.4) is 0 Å². The molecule has 0 aliphatic heterocycles. The van der Waals surface area contributed by atoms with Crippen LogP contribution in [0.1, 0.15) is 33.3 Å². The quantitative estimate of drug-likeness (QED) is 0.814. The first-order valence-corrected chi connectivity index (χ1v) is 8.55. The molecular weight excluding hydrogens is 290 g/mol. The molecule has 0 aromatic heterocycles. The van der Waals surface area contributed by atoms with Gasteiger partial charge in [0.2, 0.25) is 10.0 Å². The van der Waals surface area contributed by atoms with Gasteiger partial charge in [0.1, 0.15) is 11.6 Å². The van der Waals surface area contributed by atoms with Crippen LogP contribution in [0.5, 0.6) is 0 Å². The molecule has 1 unspecified atom stereocenters. The number of carbonyl (C=O) groups is 1. The summed E-state index contributed by atoms with van der Waals surface area (Å²) in [5.41, 5.74) is 0.205. The van der Waals surface area contributed by atoms with Crippen LogP contribution in [0.4, 0.5) is 0 Å². The molecule has 1 atom stereocenters. The van der Waals surface area contributed by atoms with Crippen LogP contribution in [0.25, 0.3) is 0 Å². The lowest BCUT2D eigenvalue weighted by atomic mass is 10.1. The van der Waals surface area contributed by atoms with Gasteiger partial charge in [-0.05, 0) is 39.7 Å². The van der Waals surface area contributed by atoms with Crippen LogP contribution < -0.4 is 4.72 Å². The summed E-state index contributed by atoms with van der Waals surface area (Å²) in [5, 5.41) is 0. The Bertz CT molecular complexity index is 561. The number of hydrogen-bond acceptors (Lipinski definition) is 4. The van der Waals surface area contributed by atoms with Crippen molar-refractivity contribution in [3.63, 3.8) is 0 Å². The fourth-order valence-electron chi connectivity index (χ4n) is 1.70. The molecule has 0 bridgehead atoms. The minimum Gasteiger partial charge on any atom is -0.459 e. The Hall–Kier alpha value is -1.40. The standard InChI is InChI=1S/C15H23NO4S/c1-5-21(18,19)16-13(14(17)20-15(2,3)4)11-12-9-7-6-8-10-12/h6-10,13,16H,5,11H2,1-4H3. The maximum absolute atomic E-state index is 12.2. The second kappa shape index (κ2) is 7.04. The molecule has 6 heteroatoms. The molecule has 5 nitrogen and oxygen atoms in total. The van der Waals surface area contributed by atoms with E-state index in [1.165, 1.54) is 6.92 Å². The van der Waals surface area contributed by atoms with Crippen LogP contribution in [-0.4, -0.2) is 31.8 Å². The predicted molar refractivity (Wildman–Crippen MR) is 82.4 cm³/mol. The normalized spacial score (nSPS) is 13.7. The molecular formula is C15H23NO4S. The minimum absolute atomic E-state index is 0.0823. The van der Waals surface area contributed by atoms with Crippen molar-refractivity contribution in [3.8, 4) is 0 Å². The molecule has 0 heterocycles. The zero-order valence-corrected chi connectivity index (χ0v) is 13.7. The summed E-state index contributed by atoms with van der Waals surface area (Å²) in [6.07, 6.45) is 0.259. The molecule has 0 fully saturated rings. The average molecular weight is 313 g/mol. The molecule has 0 saturated carbocycles. The Morgan fingerprint density at radius 2 is 1.81 bits per heavy atom. The van der Waals surface area contributed by atoms with Crippen molar-refractivity contribution >= 4 is 16.0 Å². The molecule has 118 valence electrons. The van der Waals surface area contributed by atoms with Gasteiger partial charge in [0.05, 0.1) is 5.75 Å². The Morgan fingerprint density at radius 3 is 2.29 bits per heavy atom. The lowest BCUT2D eigenvalue weighted by Gasteiger charge is -2.24. The van der Waals surface area contributed by atoms with Crippen molar-refractivity contribution in [3.05, 3.63) is 35.9 Å². The number of benzene rings is 1. The lowest BCUT2D eigenvalue weighted by molar-refractivity contribution is -0.156. The van der Waals surface area contributed by atoms with E-state index in [0.29, 0.717) is 0 Å². The highest BCUT2D eigenvalue weighted by atomic mass is 32.2. The molecule has 1 aromatic carbocycles. The first-order valence-electron chi connectivity index (χ1n) is 6.90. The third-order valence-corrected chi connectivity index (χ3v) is 4.08. The summed E-state index contributed by atoms with van der Waals surface area (Å²) in [7, 11) is -3.49. The van der Waals surface area contributed by atoms with Gasteiger partial charge >= 0.3 is 5.97 Å². The van der Waals surface area contributed by atoms with Crippen molar-refractivity contribution < 1.29 is 17.9 Å². The van der Waals surface area contributed by atoms with E-state index >= 15 is 0 Å². The third-order valence-electron chi connectivity index (χ3n) is 2.68. The van der Waals surface area contributed by atoms with Crippen LogP contribution >= 0.6 is 0 Å². The van der Waals surface area contributed by atoms with Crippen LogP contribution in [0, 0.1) is 0 Å². The second-order valence-corrected chi connectivity index (χ2v) is 7.84. The lowest BCUT2D eigenvalue weighted by Crippen LogP contribution is -2.45. The summed E-state index contributed by atoms with van der Waals surface area (Å²) < 4.78 is 31.2. The van der Waals surface area contributed by atoms with E-state index in [4.69, 9.17) is 4.74 Å². The maximum Gasteiger partial charge on any atom is 0.325 e. The van der Waals surface area contributed by atoms with Crippen LogP contribution in [0.2, 0.25) is 0 Å². The van der Waals surface area contributed by atoms with Gasteiger partial charge in [0.25, 0.3) is 0 Å². The Balaban J connectivity index is 2.92. The van der Waals surface area contributed by atoms with E-state index in [-0.39, 0.29) is 12.2 Å². The van der Waals surface area contributed by atoms with Gasteiger partial charge in [-0.1, -0.05) is 30.3 Å². The van der Waals surface area contributed by atoms with Crippen molar-refractivity contribution in [2.24, 2.45) is 0 Å². The number of ether oxygens (including phenoxy) is 1. The van der Waals surface area contributed by atoms with Crippen LogP contribution in [0.15, 0.2) is 30.3 Å². The molecule has 1 rings (SSSR count). The van der Waals surface area contributed by atoms with Gasteiger partial charge in [-0.2, -0.15) is 0 Å². The maximum atomic E-state index is 12.2. The number of sulfonamides is 1. The molecule has 0 amide bonds. The molecule has 21 heavy (non-hydrogen) atoms. The summed E-state index contributed by atoms with van der Waals surface area (Å²) >= 11 is 0. The molecule has 0 aliphatic rings. The fraction of sp³-hybridized carbons (Fsp3) is 0.533. The predicted octanol–water partition coefficient (Wildman–Crippen LogP) is 1.88. The van der Waals surface area contributed by atoms with E-state index < -0.39 is 27.6 Å². The topological polar surface area (TPSA) is 72.5 Å². The number of rotatable bonds is 6. The van der Waals surface area contributed by atoms with Crippen molar-refractivity contribution in [2.45, 2.75) is 45.8 Å².